The van der Waals surface area contributed by atoms with Crippen LogP contribution in [0.5, 0.6) is 0 Å². The number of nitrogens with two attached hydrogens (primary N) is 1. The van der Waals surface area contributed by atoms with Crippen molar-refractivity contribution < 1.29 is 19.1 Å². The third kappa shape index (κ3) is 4.24. The van der Waals surface area contributed by atoms with Crippen LogP contribution >= 0.6 is 12.2 Å². The summed E-state index contributed by atoms with van der Waals surface area (Å²) in [7, 11) is 0. The molecule has 1 aromatic heterocycles. The van der Waals surface area contributed by atoms with Crippen molar-refractivity contribution in [1.29, 1.82) is 0 Å². The van der Waals surface area contributed by atoms with Gasteiger partial charge in [-0.05, 0) is 26.1 Å². The van der Waals surface area contributed by atoms with Crippen molar-refractivity contribution in [3.8, 4) is 0 Å². The number of esters is 1. The average Bonchev–Trinajstić information content (AvgIpc) is 2.38. The van der Waals surface area contributed by atoms with Crippen LogP contribution in [0.1, 0.15) is 24.3 Å². The Kier molecular flexibility index (Phi) is 5.79. The number of nitrogens with zero attached hydrogens (tertiary/aromatic N) is 2. The highest BCUT2D eigenvalue weighted by molar-refractivity contribution is 7.80. The van der Waals surface area contributed by atoms with E-state index in [1.807, 2.05) is 0 Å². The lowest BCUT2D eigenvalue weighted by molar-refractivity contribution is 0.0519. The summed E-state index contributed by atoms with van der Waals surface area (Å²) in [6.45, 7) is 3.37. The van der Waals surface area contributed by atoms with Gasteiger partial charge in [0.15, 0.2) is 10.8 Å². The topological polar surface area (TPSA) is 128 Å². The lowest BCUT2D eigenvalue weighted by atomic mass is 10.4. The smallest absolute Gasteiger partial charge is 0.423 e. The molecule has 1 amide bonds. The molecule has 0 atom stereocenters. The first-order valence-electron chi connectivity index (χ1n) is 5.95. The van der Waals surface area contributed by atoms with Crippen LogP contribution in [0, 0.1) is 0 Å². The van der Waals surface area contributed by atoms with Gasteiger partial charge in [-0.3, -0.25) is 9.78 Å². The minimum atomic E-state index is -0.922. The molecule has 10 heteroatoms. The number of rotatable bonds is 4. The molecule has 0 bridgehead atoms. The fourth-order valence-electron chi connectivity index (χ4n) is 1.33. The van der Waals surface area contributed by atoms with Gasteiger partial charge >= 0.3 is 12.1 Å². The maximum Gasteiger partial charge on any atom is 0.423 e. The summed E-state index contributed by atoms with van der Waals surface area (Å²) >= 11 is 4.72. The predicted molar refractivity (Wildman–Crippen MR) is 77.1 cm³/mol. The summed E-state index contributed by atoms with van der Waals surface area (Å²) < 4.78 is 9.48. The molecular formula is C11H14N4O5S. The van der Waals surface area contributed by atoms with Crippen molar-refractivity contribution in [3.63, 3.8) is 0 Å². The number of nitrogens with one attached hydrogen (secondary N) is 1. The molecule has 9 nitrogen and oxygen atoms in total. The molecule has 0 saturated heterocycles. The number of ether oxygens (including phenoxy) is 2. The number of hydrogen-bond donors (Lipinski definition) is 2. The monoisotopic (exact) mass is 314 g/mol. The molecule has 21 heavy (non-hydrogen) atoms. The van der Waals surface area contributed by atoms with Gasteiger partial charge < -0.3 is 15.2 Å². The third-order valence-electron chi connectivity index (χ3n) is 2.10. The molecule has 0 spiro atoms. The van der Waals surface area contributed by atoms with E-state index in [-0.39, 0.29) is 24.9 Å². The van der Waals surface area contributed by atoms with E-state index >= 15 is 0 Å². The van der Waals surface area contributed by atoms with Gasteiger partial charge in [-0.25, -0.2) is 14.6 Å². The van der Waals surface area contributed by atoms with Crippen LogP contribution in [-0.2, 0) is 9.47 Å². The summed E-state index contributed by atoms with van der Waals surface area (Å²) in [4.78, 5) is 41.6. The number of thiocarbonyl (C=S) groups is 1. The van der Waals surface area contributed by atoms with Gasteiger partial charge in [0.2, 0.25) is 5.95 Å². The quantitative estimate of drug-likeness (QED) is 0.594. The van der Waals surface area contributed by atoms with E-state index < -0.39 is 22.7 Å². The van der Waals surface area contributed by atoms with E-state index in [4.69, 9.17) is 27.4 Å². The van der Waals surface area contributed by atoms with Gasteiger partial charge in [-0.1, -0.05) is 0 Å². The molecule has 3 N–H and O–H groups in total. The molecular weight excluding hydrogens is 300 g/mol. The van der Waals surface area contributed by atoms with Crippen LogP contribution in [0.3, 0.4) is 0 Å². The Bertz CT molecular complexity index is 615. The number of H-pyrrole nitrogens is 1. The van der Waals surface area contributed by atoms with E-state index in [2.05, 4.69) is 9.97 Å². The minimum Gasteiger partial charge on any atom is -0.461 e. The predicted octanol–water partition coefficient (Wildman–Crippen LogP) is 0.153. The third-order valence-corrected chi connectivity index (χ3v) is 2.28. The van der Waals surface area contributed by atoms with Crippen molar-refractivity contribution in [2.24, 2.45) is 5.73 Å². The number of carbonyl (C=O) groups excluding carboxylic acids is 2. The van der Waals surface area contributed by atoms with Gasteiger partial charge in [0, 0.05) is 6.07 Å². The molecule has 0 unspecified atom stereocenters. The first-order valence-corrected chi connectivity index (χ1v) is 6.36. The number of aromatic amines is 1. The van der Waals surface area contributed by atoms with Crippen molar-refractivity contribution in [2.75, 3.05) is 18.1 Å². The second-order valence-electron chi connectivity index (χ2n) is 3.55. The molecule has 1 aromatic rings. The van der Waals surface area contributed by atoms with Crippen molar-refractivity contribution >= 4 is 35.3 Å². The highest BCUT2D eigenvalue weighted by Gasteiger charge is 2.24. The Morgan fingerprint density at radius 1 is 1.38 bits per heavy atom. The number of anilines is 1. The summed E-state index contributed by atoms with van der Waals surface area (Å²) in [5, 5.41) is -0.391. The van der Waals surface area contributed by atoms with E-state index in [1.54, 1.807) is 13.8 Å². The highest BCUT2D eigenvalue weighted by Crippen LogP contribution is 2.08. The first-order chi connectivity index (χ1) is 9.90. The van der Waals surface area contributed by atoms with E-state index in [0.717, 1.165) is 6.07 Å². The van der Waals surface area contributed by atoms with Crippen molar-refractivity contribution in [3.05, 3.63) is 22.1 Å². The fraction of sp³-hybridized carbons (Fsp3) is 0.364. The summed E-state index contributed by atoms with van der Waals surface area (Å²) in [5.74, 6) is -1.13. The van der Waals surface area contributed by atoms with Crippen LogP contribution in [0.2, 0.25) is 0 Å². The number of hydrogen-bond acceptors (Lipinski definition) is 7. The zero-order chi connectivity index (χ0) is 16.0. The Labute approximate surface area is 125 Å². The van der Waals surface area contributed by atoms with E-state index in [1.165, 1.54) is 0 Å². The molecule has 0 radical (unpaired) electrons. The van der Waals surface area contributed by atoms with Gasteiger partial charge in [-0.2, -0.15) is 4.90 Å². The largest absolute Gasteiger partial charge is 0.461 e. The maximum atomic E-state index is 11.8. The minimum absolute atomic E-state index is 0.0692. The zero-order valence-corrected chi connectivity index (χ0v) is 12.2. The van der Waals surface area contributed by atoms with Crippen molar-refractivity contribution in [1.82, 2.24) is 9.97 Å². The van der Waals surface area contributed by atoms with Crippen LogP contribution in [0.25, 0.3) is 0 Å². The fourth-order valence-corrected chi connectivity index (χ4v) is 1.49. The Morgan fingerprint density at radius 2 is 2.00 bits per heavy atom. The number of carbonyl (C=O) groups is 2. The number of amides is 1. The average molecular weight is 314 g/mol. The SMILES string of the molecule is CCOC(=O)c1cc(=O)[nH]c(N(C(=O)OCC)C(N)=S)n1. The molecule has 0 fully saturated rings. The summed E-state index contributed by atoms with van der Waals surface area (Å²) in [6.07, 6.45) is -0.922. The van der Waals surface area contributed by atoms with Crippen LogP contribution < -0.4 is 16.2 Å². The second kappa shape index (κ2) is 7.33. The lowest BCUT2D eigenvalue weighted by Gasteiger charge is -2.18. The molecule has 1 heterocycles. The van der Waals surface area contributed by atoms with Crippen LogP contribution in [0.15, 0.2) is 10.9 Å². The van der Waals surface area contributed by atoms with Gasteiger partial charge in [0.25, 0.3) is 5.56 Å². The molecule has 0 aliphatic carbocycles. The van der Waals surface area contributed by atoms with Crippen LogP contribution in [0.4, 0.5) is 10.7 Å². The Hall–Kier alpha value is -2.49. The summed E-state index contributed by atoms with van der Waals surface area (Å²) in [6, 6.07) is 0.935. The van der Waals surface area contributed by atoms with Gasteiger partial charge in [-0.15, -0.1) is 0 Å². The molecule has 0 aliphatic heterocycles. The number of aromatic nitrogens is 2. The zero-order valence-electron chi connectivity index (χ0n) is 11.4. The molecule has 0 aromatic carbocycles. The lowest BCUT2D eigenvalue weighted by Crippen LogP contribution is -2.43. The Balaban J connectivity index is 3.26. The van der Waals surface area contributed by atoms with Crippen LogP contribution in [-0.4, -0.2) is 40.4 Å². The molecule has 0 aliphatic rings. The highest BCUT2D eigenvalue weighted by atomic mass is 32.1. The summed E-state index contributed by atoms with van der Waals surface area (Å²) in [5.41, 5.74) is 4.46. The van der Waals surface area contributed by atoms with E-state index in [9.17, 15) is 14.4 Å². The molecule has 1 rings (SSSR count). The first kappa shape index (κ1) is 16.6. The van der Waals surface area contributed by atoms with Gasteiger partial charge in [0.1, 0.15) is 0 Å². The maximum absolute atomic E-state index is 11.8. The van der Waals surface area contributed by atoms with Crippen molar-refractivity contribution in [2.45, 2.75) is 13.8 Å². The van der Waals surface area contributed by atoms with E-state index in [0.29, 0.717) is 4.90 Å². The Morgan fingerprint density at radius 3 is 2.52 bits per heavy atom. The molecule has 114 valence electrons. The van der Waals surface area contributed by atoms with Gasteiger partial charge in [0.05, 0.1) is 13.2 Å². The normalized spacial score (nSPS) is 9.81. The standard InChI is InChI=1S/C11H14N4O5S/c1-3-19-8(17)6-5-7(16)14-10(13-6)15(9(12)21)11(18)20-4-2/h5H,3-4H2,1-2H3,(H2,12,21)(H,13,14,16). The second-order valence-corrected chi connectivity index (χ2v) is 3.97. The molecule has 0 saturated carbocycles.